The minimum atomic E-state index is -0.145. The fourth-order valence-corrected chi connectivity index (χ4v) is 2.97. The molecule has 0 radical (unpaired) electrons. The Bertz CT molecular complexity index is 459. The number of phenols is 1. The Morgan fingerprint density at radius 1 is 1.37 bits per heavy atom. The van der Waals surface area contributed by atoms with Crippen LogP contribution in [0.1, 0.15) is 36.0 Å². The summed E-state index contributed by atoms with van der Waals surface area (Å²) in [5, 5.41) is 9.87. The van der Waals surface area contributed by atoms with Crippen molar-refractivity contribution in [3.63, 3.8) is 0 Å². The van der Waals surface area contributed by atoms with Crippen LogP contribution in [-0.4, -0.2) is 34.4 Å². The van der Waals surface area contributed by atoms with Crippen molar-refractivity contribution in [2.75, 3.05) is 12.4 Å². The molecule has 1 aliphatic carbocycles. The van der Waals surface area contributed by atoms with Gasteiger partial charge in [0.1, 0.15) is 5.75 Å². The highest BCUT2D eigenvalue weighted by molar-refractivity contribution is 6.33. The summed E-state index contributed by atoms with van der Waals surface area (Å²) in [6, 6.07) is 4.67. The molecule has 1 amide bonds. The first-order valence-corrected chi connectivity index (χ1v) is 7.40. The largest absolute Gasteiger partial charge is 0.508 e. The number of aromatic hydroxyl groups is 1. The second-order valence-electron chi connectivity index (χ2n) is 4.79. The molecule has 0 spiro atoms. The second-order valence-corrected chi connectivity index (χ2v) is 5.58. The molecular weight excluding hydrogens is 285 g/mol. The highest BCUT2D eigenvalue weighted by Gasteiger charge is 2.28. The first kappa shape index (κ1) is 14.5. The number of rotatable bonds is 4. The maximum absolute atomic E-state index is 12.6. The molecule has 0 aliphatic heterocycles. The number of phenolic OH excluding ortho intramolecular Hbond substituents is 1. The van der Waals surface area contributed by atoms with E-state index in [-0.39, 0.29) is 17.7 Å². The van der Waals surface area contributed by atoms with Crippen LogP contribution in [-0.2, 0) is 0 Å². The van der Waals surface area contributed by atoms with Gasteiger partial charge in [-0.2, -0.15) is 0 Å². The van der Waals surface area contributed by atoms with Crippen molar-refractivity contribution < 1.29 is 9.90 Å². The van der Waals surface area contributed by atoms with Gasteiger partial charge in [-0.1, -0.05) is 24.4 Å². The molecule has 1 N–H and O–H groups in total. The third kappa shape index (κ3) is 3.34. The molecule has 0 atom stereocenters. The quantitative estimate of drug-likeness (QED) is 0.862. The Hall–Kier alpha value is -0.930. The van der Waals surface area contributed by atoms with Crippen molar-refractivity contribution in [2.45, 2.75) is 31.7 Å². The number of nitrogens with zero attached hydrogens (tertiary/aromatic N) is 1. The van der Waals surface area contributed by atoms with Gasteiger partial charge in [0.15, 0.2) is 0 Å². The maximum Gasteiger partial charge on any atom is 0.255 e. The fraction of sp³-hybridized carbons (Fsp3) is 0.500. The Morgan fingerprint density at radius 2 is 2.05 bits per heavy atom. The third-order valence-corrected chi connectivity index (χ3v) is 4.03. The minimum Gasteiger partial charge on any atom is -0.508 e. The lowest BCUT2D eigenvalue weighted by Crippen LogP contribution is -2.40. The summed E-state index contributed by atoms with van der Waals surface area (Å²) in [6.45, 7) is 0.511. The Labute approximate surface area is 123 Å². The lowest BCUT2D eigenvalue weighted by molar-refractivity contribution is 0.0695. The van der Waals surface area contributed by atoms with Crippen molar-refractivity contribution in [2.24, 2.45) is 0 Å². The highest BCUT2D eigenvalue weighted by atomic mass is 35.5. The van der Waals surface area contributed by atoms with E-state index in [0.29, 0.717) is 23.0 Å². The van der Waals surface area contributed by atoms with Gasteiger partial charge in [-0.05, 0) is 31.0 Å². The number of carbonyl (C=O) groups is 1. The summed E-state index contributed by atoms with van der Waals surface area (Å²) in [5.74, 6) is 0.303. The molecule has 0 heterocycles. The number of benzene rings is 1. The molecule has 1 aromatic rings. The number of hydrogen-bond acceptors (Lipinski definition) is 2. The van der Waals surface area contributed by atoms with Gasteiger partial charge in [0.25, 0.3) is 5.91 Å². The molecule has 1 aliphatic rings. The predicted octanol–water partition coefficient (Wildman–Crippen LogP) is 3.67. The summed E-state index contributed by atoms with van der Waals surface area (Å²) in [7, 11) is 0. The Balaban J connectivity index is 2.25. The van der Waals surface area contributed by atoms with Crippen LogP contribution in [0.3, 0.4) is 0 Å². The zero-order valence-corrected chi connectivity index (χ0v) is 12.1. The molecule has 2 rings (SSSR count). The van der Waals surface area contributed by atoms with E-state index in [9.17, 15) is 9.90 Å². The first-order chi connectivity index (χ1) is 9.13. The van der Waals surface area contributed by atoms with Crippen LogP contribution < -0.4 is 0 Å². The van der Waals surface area contributed by atoms with Gasteiger partial charge in [0.2, 0.25) is 0 Å². The number of alkyl halides is 1. The van der Waals surface area contributed by atoms with E-state index in [0.717, 1.165) is 25.7 Å². The van der Waals surface area contributed by atoms with Crippen LogP contribution in [0.2, 0.25) is 5.02 Å². The number of amides is 1. The van der Waals surface area contributed by atoms with Crippen molar-refractivity contribution in [1.29, 1.82) is 0 Å². The van der Waals surface area contributed by atoms with E-state index in [4.69, 9.17) is 23.2 Å². The SMILES string of the molecule is O=C(c1cc(O)ccc1Cl)N(CCCl)C1CCCC1. The standard InChI is InChI=1S/C14H17Cl2NO2/c15-7-8-17(10-3-1-2-4-10)14(19)12-9-11(18)5-6-13(12)16/h5-6,9-10,18H,1-4,7-8H2. The van der Waals surface area contributed by atoms with Crippen LogP contribution in [0.5, 0.6) is 5.75 Å². The monoisotopic (exact) mass is 301 g/mol. The molecule has 3 nitrogen and oxygen atoms in total. The summed E-state index contributed by atoms with van der Waals surface area (Å²) < 4.78 is 0. The molecule has 0 aromatic heterocycles. The Kier molecular flexibility index (Phi) is 4.94. The number of halogens is 2. The van der Waals surface area contributed by atoms with Gasteiger partial charge >= 0.3 is 0 Å². The van der Waals surface area contributed by atoms with Crippen LogP contribution >= 0.6 is 23.2 Å². The zero-order valence-electron chi connectivity index (χ0n) is 10.6. The van der Waals surface area contributed by atoms with Crippen LogP contribution in [0, 0.1) is 0 Å². The van der Waals surface area contributed by atoms with Crippen molar-refractivity contribution in [1.82, 2.24) is 4.90 Å². The number of hydrogen-bond donors (Lipinski definition) is 1. The van der Waals surface area contributed by atoms with Gasteiger partial charge in [-0.3, -0.25) is 4.79 Å². The van der Waals surface area contributed by atoms with Gasteiger partial charge in [-0.15, -0.1) is 11.6 Å². The molecule has 0 bridgehead atoms. The highest BCUT2D eigenvalue weighted by Crippen LogP contribution is 2.28. The molecular formula is C14H17Cl2NO2. The molecule has 1 aromatic carbocycles. The fourth-order valence-electron chi connectivity index (χ4n) is 2.59. The number of carbonyl (C=O) groups excluding carboxylic acids is 1. The van der Waals surface area contributed by atoms with Crippen molar-refractivity contribution >= 4 is 29.1 Å². The normalized spacial score (nSPS) is 15.7. The minimum absolute atomic E-state index is 0.0463. The Morgan fingerprint density at radius 3 is 2.68 bits per heavy atom. The van der Waals surface area contributed by atoms with Crippen LogP contribution in [0.4, 0.5) is 0 Å². The second kappa shape index (κ2) is 6.49. The zero-order chi connectivity index (χ0) is 13.8. The van der Waals surface area contributed by atoms with Crippen LogP contribution in [0.15, 0.2) is 18.2 Å². The third-order valence-electron chi connectivity index (χ3n) is 3.53. The molecule has 104 valence electrons. The average Bonchev–Trinajstić information content (AvgIpc) is 2.92. The first-order valence-electron chi connectivity index (χ1n) is 6.49. The molecule has 1 saturated carbocycles. The van der Waals surface area contributed by atoms with Gasteiger partial charge in [0, 0.05) is 18.5 Å². The molecule has 5 heteroatoms. The van der Waals surface area contributed by atoms with E-state index >= 15 is 0 Å². The molecule has 0 unspecified atom stereocenters. The average molecular weight is 302 g/mol. The van der Waals surface area contributed by atoms with E-state index in [1.807, 2.05) is 0 Å². The predicted molar refractivity (Wildman–Crippen MR) is 77.1 cm³/mol. The van der Waals surface area contributed by atoms with Crippen molar-refractivity contribution in [3.05, 3.63) is 28.8 Å². The lowest BCUT2D eigenvalue weighted by Gasteiger charge is -2.28. The molecule has 19 heavy (non-hydrogen) atoms. The van der Waals surface area contributed by atoms with Gasteiger partial charge < -0.3 is 10.0 Å². The lowest BCUT2D eigenvalue weighted by atomic mass is 10.1. The summed E-state index contributed by atoms with van der Waals surface area (Å²) in [6.07, 6.45) is 4.31. The summed E-state index contributed by atoms with van der Waals surface area (Å²) >= 11 is 11.9. The van der Waals surface area contributed by atoms with Crippen LogP contribution in [0.25, 0.3) is 0 Å². The van der Waals surface area contributed by atoms with E-state index in [2.05, 4.69) is 0 Å². The van der Waals surface area contributed by atoms with E-state index in [1.165, 1.54) is 18.2 Å². The van der Waals surface area contributed by atoms with Gasteiger partial charge in [0.05, 0.1) is 10.6 Å². The smallest absolute Gasteiger partial charge is 0.255 e. The topological polar surface area (TPSA) is 40.5 Å². The maximum atomic E-state index is 12.6. The summed E-state index contributed by atoms with van der Waals surface area (Å²) in [5.41, 5.74) is 0.346. The van der Waals surface area contributed by atoms with E-state index in [1.54, 1.807) is 4.90 Å². The molecule has 0 saturated heterocycles. The molecule has 1 fully saturated rings. The van der Waals surface area contributed by atoms with E-state index < -0.39 is 0 Å². The van der Waals surface area contributed by atoms with Crippen molar-refractivity contribution in [3.8, 4) is 5.75 Å². The summed E-state index contributed by atoms with van der Waals surface area (Å²) in [4.78, 5) is 14.4. The van der Waals surface area contributed by atoms with Gasteiger partial charge in [-0.25, -0.2) is 0 Å².